The average Bonchev–Trinajstić information content (AvgIpc) is 2.61. The summed E-state index contributed by atoms with van der Waals surface area (Å²) in [5.74, 6) is -0.415. The van der Waals surface area contributed by atoms with Crippen molar-refractivity contribution in [2.24, 2.45) is 9.98 Å². The van der Waals surface area contributed by atoms with Gasteiger partial charge in [-0.1, -0.05) is 18.2 Å². The van der Waals surface area contributed by atoms with E-state index >= 15 is 0 Å². The van der Waals surface area contributed by atoms with Crippen molar-refractivity contribution in [3.63, 3.8) is 0 Å². The molecule has 0 unspecified atom stereocenters. The SMILES string of the molecule is CNc1ccc(N=C=Nc2ccccc2/C=C/C(=O)OC)cc1. The summed E-state index contributed by atoms with van der Waals surface area (Å²) in [6.45, 7) is 0. The number of aliphatic imine (C=N–C) groups is 2. The molecule has 0 spiro atoms. The molecule has 0 heterocycles. The lowest BCUT2D eigenvalue weighted by molar-refractivity contribution is -0.134. The van der Waals surface area contributed by atoms with Gasteiger partial charge in [-0.3, -0.25) is 0 Å². The Hall–Kier alpha value is -3.17. The van der Waals surface area contributed by atoms with Crippen molar-refractivity contribution < 1.29 is 9.53 Å². The van der Waals surface area contributed by atoms with E-state index in [1.807, 2.05) is 55.6 Å². The molecule has 0 aromatic heterocycles. The highest BCUT2D eigenvalue weighted by molar-refractivity contribution is 5.88. The second-order valence-electron chi connectivity index (χ2n) is 4.54. The number of para-hydroxylation sites is 1. The van der Waals surface area contributed by atoms with Crippen molar-refractivity contribution in [2.45, 2.75) is 0 Å². The van der Waals surface area contributed by atoms with E-state index in [-0.39, 0.29) is 0 Å². The third-order valence-electron chi connectivity index (χ3n) is 3.04. The van der Waals surface area contributed by atoms with Gasteiger partial charge in [0.2, 0.25) is 0 Å². The number of carbonyl (C=O) groups excluding carboxylic acids is 1. The monoisotopic (exact) mass is 307 g/mol. The van der Waals surface area contributed by atoms with E-state index in [9.17, 15) is 4.79 Å². The maximum atomic E-state index is 11.2. The number of anilines is 1. The number of nitrogens with zero attached hydrogens (tertiary/aromatic N) is 2. The van der Waals surface area contributed by atoms with Crippen LogP contribution in [0.2, 0.25) is 0 Å². The predicted octanol–water partition coefficient (Wildman–Crippen LogP) is 4.05. The zero-order chi connectivity index (χ0) is 16.5. The van der Waals surface area contributed by atoms with E-state index in [1.165, 1.54) is 13.2 Å². The molecule has 5 nitrogen and oxygen atoms in total. The molecule has 0 amide bonds. The number of benzene rings is 2. The minimum absolute atomic E-state index is 0.415. The lowest BCUT2D eigenvalue weighted by Crippen LogP contribution is -1.93. The molecular formula is C18H17N3O2. The maximum Gasteiger partial charge on any atom is 0.330 e. The molecule has 1 N–H and O–H groups in total. The standard InChI is InChI=1S/C18H17N3O2/c1-19-15-8-10-16(11-9-15)20-13-21-17-6-4-3-5-14(17)7-12-18(22)23-2/h3-12,19H,1-2H3/b12-7+. The molecule has 2 aromatic rings. The largest absolute Gasteiger partial charge is 0.466 e. The predicted molar refractivity (Wildman–Crippen MR) is 92.7 cm³/mol. The van der Waals surface area contributed by atoms with E-state index in [2.05, 4.69) is 26.0 Å². The molecule has 0 fully saturated rings. The van der Waals surface area contributed by atoms with Crippen molar-refractivity contribution in [3.05, 3.63) is 60.2 Å². The normalized spacial score (nSPS) is 10.0. The molecule has 0 aliphatic rings. The Balaban J connectivity index is 2.19. The summed E-state index contributed by atoms with van der Waals surface area (Å²) >= 11 is 0. The molecule has 116 valence electrons. The number of rotatable bonds is 5. The molecule has 2 rings (SSSR count). The Kier molecular flexibility index (Phi) is 5.86. The molecule has 0 radical (unpaired) electrons. The van der Waals surface area contributed by atoms with Crippen LogP contribution in [-0.4, -0.2) is 26.1 Å². The summed E-state index contributed by atoms with van der Waals surface area (Å²) in [7, 11) is 3.20. The summed E-state index contributed by atoms with van der Waals surface area (Å²) in [6.07, 6.45) is 3.00. The number of hydrogen-bond acceptors (Lipinski definition) is 5. The van der Waals surface area contributed by atoms with E-state index in [1.54, 1.807) is 6.08 Å². The van der Waals surface area contributed by atoms with Gasteiger partial charge in [0.05, 0.1) is 18.5 Å². The van der Waals surface area contributed by atoms with Crippen LogP contribution in [0.25, 0.3) is 6.08 Å². The Morgan fingerprint density at radius 3 is 2.57 bits per heavy atom. The van der Waals surface area contributed by atoms with Gasteiger partial charge in [-0.15, -0.1) is 0 Å². The van der Waals surface area contributed by atoms with Gasteiger partial charge in [-0.2, -0.15) is 9.98 Å². The molecule has 2 aromatic carbocycles. The fourth-order valence-corrected chi connectivity index (χ4v) is 1.80. The van der Waals surface area contributed by atoms with Crippen LogP contribution < -0.4 is 5.32 Å². The number of esters is 1. The quantitative estimate of drug-likeness (QED) is 0.515. The summed E-state index contributed by atoms with van der Waals surface area (Å²) in [5.41, 5.74) is 3.23. The van der Waals surface area contributed by atoms with Crippen LogP contribution in [0.3, 0.4) is 0 Å². The number of ether oxygens (including phenoxy) is 1. The molecule has 5 heteroatoms. The molecular weight excluding hydrogens is 290 g/mol. The molecule has 0 aliphatic carbocycles. The van der Waals surface area contributed by atoms with Crippen LogP contribution in [-0.2, 0) is 9.53 Å². The van der Waals surface area contributed by atoms with Gasteiger partial charge in [0, 0.05) is 24.4 Å². The molecule has 23 heavy (non-hydrogen) atoms. The van der Waals surface area contributed by atoms with Crippen LogP contribution >= 0.6 is 0 Å². The Labute approximate surface area is 135 Å². The Bertz CT molecular complexity index is 758. The van der Waals surface area contributed by atoms with Crippen LogP contribution in [0.5, 0.6) is 0 Å². The van der Waals surface area contributed by atoms with Crippen molar-refractivity contribution in [3.8, 4) is 0 Å². The van der Waals surface area contributed by atoms with Crippen LogP contribution in [0, 0.1) is 0 Å². The third-order valence-corrected chi connectivity index (χ3v) is 3.04. The number of methoxy groups -OCH3 is 1. The highest BCUT2D eigenvalue weighted by Gasteiger charge is 1.97. The Morgan fingerprint density at radius 2 is 1.87 bits per heavy atom. The Morgan fingerprint density at radius 1 is 1.13 bits per heavy atom. The van der Waals surface area contributed by atoms with Gasteiger partial charge in [-0.25, -0.2) is 4.79 Å². The topological polar surface area (TPSA) is 63.0 Å². The minimum Gasteiger partial charge on any atom is -0.466 e. The highest BCUT2D eigenvalue weighted by atomic mass is 16.5. The first kappa shape index (κ1) is 16.2. The van der Waals surface area contributed by atoms with Crippen molar-refractivity contribution in [2.75, 3.05) is 19.5 Å². The van der Waals surface area contributed by atoms with Crippen molar-refractivity contribution in [1.82, 2.24) is 0 Å². The average molecular weight is 307 g/mol. The summed E-state index contributed by atoms with van der Waals surface area (Å²) in [4.78, 5) is 19.6. The molecule has 0 aliphatic heterocycles. The molecule has 0 saturated heterocycles. The van der Waals surface area contributed by atoms with Gasteiger partial charge in [0.1, 0.15) is 6.01 Å². The number of nitrogens with one attached hydrogen (secondary N) is 1. The lowest BCUT2D eigenvalue weighted by Gasteiger charge is -1.98. The summed E-state index contributed by atoms with van der Waals surface area (Å²) < 4.78 is 4.57. The first-order valence-electron chi connectivity index (χ1n) is 7.02. The highest BCUT2D eigenvalue weighted by Crippen LogP contribution is 2.20. The van der Waals surface area contributed by atoms with E-state index < -0.39 is 5.97 Å². The lowest BCUT2D eigenvalue weighted by atomic mass is 10.1. The first-order chi connectivity index (χ1) is 11.2. The second kappa shape index (κ2) is 8.32. The second-order valence-corrected chi connectivity index (χ2v) is 4.54. The fourth-order valence-electron chi connectivity index (χ4n) is 1.80. The fraction of sp³-hybridized carbons (Fsp3) is 0.111. The van der Waals surface area contributed by atoms with Gasteiger partial charge >= 0.3 is 5.97 Å². The minimum atomic E-state index is -0.415. The van der Waals surface area contributed by atoms with E-state index in [0.717, 1.165) is 16.9 Å². The third kappa shape index (κ3) is 4.95. The van der Waals surface area contributed by atoms with Crippen LogP contribution in [0.1, 0.15) is 5.56 Å². The van der Waals surface area contributed by atoms with Gasteiger partial charge in [0.15, 0.2) is 0 Å². The molecule has 0 atom stereocenters. The maximum absolute atomic E-state index is 11.2. The first-order valence-corrected chi connectivity index (χ1v) is 7.02. The van der Waals surface area contributed by atoms with Crippen molar-refractivity contribution in [1.29, 1.82) is 0 Å². The number of hydrogen-bond donors (Lipinski definition) is 1. The summed E-state index contributed by atoms with van der Waals surface area (Å²) in [6, 6.07) is 17.7. The van der Waals surface area contributed by atoms with Crippen molar-refractivity contribution >= 4 is 35.1 Å². The van der Waals surface area contributed by atoms with Crippen LogP contribution in [0.15, 0.2) is 64.6 Å². The number of carbonyl (C=O) groups is 1. The van der Waals surface area contributed by atoms with Gasteiger partial charge in [-0.05, 0) is 36.4 Å². The zero-order valence-electron chi connectivity index (χ0n) is 13.0. The van der Waals surface area contributed by atoms with E-state index in [0.29, 0.717) is 5.69 Å². The zero-order valence-corrected chi connectivity index (χ0v) is 13.0. The van der Waals surface area contributed by atoms with E-state index in [4.69, 9.17) is 0 Å². The molecule has 0 bridgehead atoms. The van der Waals surface area contributed by atoms with Gasteiger partial charge in [0.25, 0.3) is 0 Å². The van der Waals surface area contributed by atoms with Gasteiger partial charge < -0.3 is 10.1 Å². The van der Waals surface area contributed by atoms with Crippen LogP contribution in [0.4, 0.5) is 17.1 Å². The smallest absolute Gasteiger partial charge is 0.330 e. The summed E-state index contributed by atoms with van der Waals surface area (Å²) in [5, 5.41) is 3.04. The molecule has 0 saturated carbocycles.